The number of nitrogens with one attached hydrogen (secondary N) is 2. The summed E-state index contributed by atoms with van der Waals surface area (Å²) >= 11 is 0. The molecule has 6 rings (SSSR count). The van der Waals surface area contributed by atoms with E-state index in [1.807, 2.05) is 18.2 Å². The number of hydrogen-bond donors (Lipinski definition) is 2. The van der Waals surface area contributed by atoms with Crippen LogP contribution in [0.3, 0.4) is 0 Å². The lowest BCUT2D eigenvalue weighted by atomic mass is 9.91. The standard InChI is InChI=1S/C24H16BN3/c1-13-21(18-8-4-5-9-20(18)26-13)24-27-22-17-7-3-2-6-15(17)16-11-10-14(25)12-19(16)23(22)28-24/h2-12,26H,1H3,(H,27,28). The van der Waals surface area contributed by atoms with E-state index in [4.69, 9.17) is 12.8 Å². The van der Waals surface area contributed by atoms with Crippen molar-refractivity contribution in [3.05, 3.63) is 72.4 Å². The van der Waals surface area contributed by atoms with E-state index in [9.17, 15) is 0 Å². The Morgan fingerprint density at radius 2 is 1.46 bits per heavy atom. The molecule has 0 spiro atoms. The molecular formula is C24H16BN3. The van der Waals surface area contributed by atoms with E-state index in [0.717, 1.165) is 44.5 Å². The van der Waals surface area contributed by atoms with Crippen molar-refractivity contribution in [1.29, 1.82) is 0 Å². The third-order valence-corrected chi connectivity index (χ3v) is 5.62. The molecule has 0 aliphatic carbocycles. The Bertz CT molecular complexity index is 1540. The number of aromatic nitrogens is 3. The summed E-state index contributed by atoms with van der Waals surface area (Å²) in [6.45, 7) is 2.09. The third kappa shape index (κ3) is 2.03. The Kier molecular flexibility index (Phi) is 3.04. The molecule has 0 bridgehead atoms. The number of aryl methyl sites for hydroxylation is 1. The highest BCUT2D eigenvalue weighted by Crippen LogP contribution is 2.37. The number of imidazole rings is 1. The van der Waals surface area contributed by atoms with E-state index in [0.29, 0.717) is 0 Å². The lowest BCUT2D eigenvalue weighted by Gasteiger charge is -2.06. The maximum atomic E-state index is 6.12. The number of nitrogens with zero attached hydrogens (tertiary/aromatic N) is 1. The first kappa shape index (κ1) is 15.5. The number of para-hydroxylation sites is 1. The minimum absolute atomic E-state index is 0.747. The third-order valence-electron chi connectivity index (χ3n) is 5.62. The van der Waals surface area contributed by atoms with Gasteiger partial charge >= 0.3 is 0 Å². The molecule has 2 heterocycles. The lowest BCUT2D eigenvalue weighted by Crippen LogP contribution is -2.00. The van der Waals surface area contributed by atoms with Gasteiger partial charge in [-0.15, -0.1) is 0 Å². The van der Waals surface area contributed by atoms with Gasteiger partial charge in [0.2, 0.25) is 0 Å². The zero-order valence-electron chi connectivity index (χ0n) is 15.4. The van der Waals surface area contributed by atoms with Crippen LogP contribution in [0.5, 0.6) is 0 Å². The van der Waals surface area contributed by atoms with E-state index < -0.39 is 0 Å². The second kappa shape index (κ2) is 5.49. The fourth-order valence-electron chi connectivity index (χ4n) is 4.39. The monoisotopic (exact) mass is 357 g/mol. The van der Waals surface area contributed by atoms with Gasteiger partial charge < -0.3 is 9.97 Å². The Morgan fingerprint density at radius 1 is 0.750 bits per heavy atom. The molecule has 6 aromatic rings. The van der Waals surface area contributed by atoms with Crippen LogP contribution in [0.4, 0.5) is 0 Å². The van der Waals surface area contributed by atoms with Gasteiger partial charge in [0, 0.05) is 32.9 Å². The topological polar surface area (TPSA) is 44.5 Å². The lowest BCUT2D eigenvalue weighted by molar-refractivity contribution is 1.26. The van der Waals surface area contributed by atoms with E-state index >= 15 is 0 Å². The van der Waals surface area contributed by atoms with Crippen LogP contribution in [-0.4, -0.2) is 22.8 Å². The summed E-state index contributed by atoms with van der Waals surface area (Å²) in [6.07, 6.45) is 0. The predicted molar refractivity (Wildman–Crippen MR) is 119 cm³/mol. The molecule has 0 fully saturated rings. The maximum absolute atomic E-state index is 6.12. The summed E-state index contributed by atoms with van der Waals surface area (Å²) in [5.41, 5.74) is 6.10. The van der Waals surface area contributed by atoms with Gasteiger partial charge in [0.25, 0.3) is 0 Å². The van der Waals surface area contributed by atoms with Crippen molar-refractivity contribution < 1.29 is 0 Å². The molecule has 0 saturated carbocycles. The van der Waals surface area contributed by atoms with Crippen LogP contribution < -0.4 is 5.46 Å². The summed E-state index contributed by atoms with van der Waals surface area (Å²) < 4.78 is 0. The van der Waals surface area contributed by atoms with Crippen LogP contribution in [0.2, 0.25) is 0 Å². The van der Waals surface area contributed by atoms with Crippen LogP contribution in [-0.2, 0) is 0 Å². The Morgan fingerprint density at radius 3 is 2.32 bits per heavy atom. The highest BCUT2D eigenvalue weighted by atomic mass is 14.9. The molecule has 0 saturated heterocycles. The van der Waals surface area contributed by atoms with Gasteiger partial charge in [-0.3, -0.25) is 0 Å². The van der Waals surface area contributed by atoms with Crippen LogP contribution in [0.15, 0.2) is 66.7 Å². The summed E-state index contributed by atoms with van der Waals surface area (Å²) in [5.74, 6) is 0.880. The molecule has 28 heavy (non-hydrogen) atoms. The van der Waals surface area contributed by atoms with E-state index in [1.165, 1.54) is 21.5 Å². The average Bonchev–Trinajstić information content (AvgIpc) is 3.28. The molecule has 2 aromatic heterocycles. The van der Waals surface area contributed by atoms with Crippen LogP contribution in [0.25, 0.3) is 54.9 Å². The Balaban J connectivity index is 1.80. The quantitative estimate of drug-likeness (QED) is 0.311. The molecule has 2 N–H and O–H groups in total. The largest absolute Gasteiger partial charge is 0.358 e. The number of benzene rings is 4. The molecule has 4 heteroatoms. The number of H-pyrrole nitrogens is 2. The molecule has 0 unspecified atom stereocenters. The normalized spacial score (nSPS) is 11.9. The van der Waals surface area contributed by atoms with Crippen molar-refractivity contribution in [1.82, 2.24) is 15.0 Å². The van der Waals surface area contributed by atoms with Crippen molar-refractivity contribution >= 4 is 56.8 Å². The molecule has 0 aliphatic rings. The summed E-state index contributed by atoms with van der Waals surface area (Å²) in [5, 5.41) is 5.80. The highest BCUT2D eigenvalue weighted by molar-refractivity contribution is 6.35. The number of hydrogen-bond acceptors (Lipinski definition) is 1. The van der Waals surface area contributed by atoms with Crippen LogP contribution in [0.1, 0.15) is 5.69 Å². The fraction of sp³-hybridized carbons (Fsp3) is 0.0417. The molecule has 130 valence electrons. The minimum Gasteiger partial charge on any atom is -0.358 e. The molecule has 0 atom stereocenters. The van der Waals surface area contributed by atoms with Gasteiger partial charge in [-0.1, -0.05) is 66.1 Å². The van der Waals surface area contributed by atoms with Gasteiger partial charge in [0.1, 0.15) is 13.7 Å². The van der Waals surface area contributed by atoms with Gasteiger partial charge in [-0.2, -0.15) is 0 Å². The number of aromatic amines is 2. The summed E-state index contributed by atoms with van der Waals surface area (Å²) in [7, 11) is 6.12. The van der Waals surface area contributed by atoms with Crippen molar-refractivity contribution in [2.45, 2.75) is 6.92 Å². The summed E-state index contributed by atoms with van der Waals surface area (Å²) in [4.78, 5) is 12.1. The SMILES string of the molecule is [B]c1ccc2c3ccccc3c3[nH]c(-c4c(C)[nH]c5ccccc45)nc3c2c1. The smallest absolute Gasteiger partial charge is 0.140 e. The highest BCUT2D eigenvalue weighted by Gasteiger charge is 2.17. The number of fused-ring (bicyclic) bond motifs is 7. The molecule has 3 nitrogen and oxygen atoms in total. The van der Waals surface area contributed by atoms with Crippen LogP contribution in [0, 0.1) is 6.92 Å². The van der Waals surface area contributed by atoms with Gasteiger partial charge in [-0.05, 0) is 23.8 Å². The Labute approximate surface area is 162 Å². The first-order chi connectivity index (χ1) is 13.7. The fourth-order valence-corrected chi connectivity index (χ4v) is 4.39. The van der Waals surface area contributed by atoms with Crippen molar-refractivity contribution in [2.24, 2.45) is 0 Å². The van der Waals surface area contributed by atoms with Crippen molar-refractivity contribution in [2.75, 3.05) is 0 Å². The zero-order valence-corrected chi connectivity index (χ0v) is 15.4. The minimum atomic E-state index is 0.747. The first-order valence-electron chi connectivity index (χ1n) is 9.38. The van der Waals surface area contributed by atoms with Crippen molar-refractivity contribution in [3.8, 4) is 11.4 Å². The second-order valence-corrected chi connectivity index (χ2v) is 7.33. The first-order valence-corrected chi connectivity index (χ1v) is 9.38. The maximum Gasteiger partial charge on any atom is 0.140 e. The average molecular weight is 357 g/mol. The molecular weight excluding hydrogens is 341 g/mol. The second-order valence-electron chi connectivity index (χ2n) is 7.33. The number of rotatable bonds is 1. The van der Waals surface area contributed by atoms with Gasteiger partial charge in [0.05, 0.1) is 11.0 Å². The van der Waals surface area contributed by atoms with E-state index in [-0.39, 0.29) is 0 Å². The molecule has 4 aromatic carbocycles. The Hall–Kier alpha value is -3.53. The van der Waals surface area contributed by atoms with Crippen molar-refractivity contribution in [3.63, 3.8) is 0 Å². The van der Waals surface area contributed by atoms with Gasteiger partial charge in [-0.25, -0.2) is 4.98 Å². The van der Waals surface area contributed by atoms with E-state index in [2.05, 4.69) is 65.4 Å². The molecule has 0 amide bonds. The summed E-state index contributed by atoms with van der Waals surface area (Å²) in [6, 6.07) is 22.9. The molecule has 2 radical (unpaired) electrons. The predicted octanol–water partition coefficient (Wildman–Crippen LogP) is 5.12. The van der Waals surface area contributed by atoms with Crippen LogP contribution >= 0.6 is 0 Å². The van der Waals surface area contributed by atoms with E-state index in [1.54, 1.807) is 0 Å². The molecule has 0 aliphatic heterocycles. The van der Waals surface area contributed by atoms with Gasteiger partial charge in [0.15, 0.2) is 0 Å². The zero-order chi connectivity index (χ0) is 18.8.